The SMILES string of the molecule is COc1cccc(OCCCCn2c(CCCNC(=O)Cc3ccc(-c4ccccc4)cc3)nc3ccccc32)c1. The number of carbonyl (C=O) groups is 1. The minimum atomic E-state index is 0.0435. The zero-order valence-corrected chi connectivity index (χ0v) is 23.6. The number of hydrogen-bond acceptors (Lipinski definition) is 4. The van der Waals surface area contributed by atoms with E-state index in [0.717, 1.165) is 71.7 Å². The molecule has 1 amide bonds. The Morgan fingerprint density at radius 3 is 2.39 bits per heavy atom. The van der Waals surface area contributed by atoms with E-state index in [1.54, 1.807) is 7.11 Å². The number of amides is 1. The molecule has 0 atom stereocenters. The molecule has 5 rings (SSSR count). The maximum Gasteiger partial charge on any atom is 0.224 e. The largest absolute Gasteiger partial charge is 0.497 e. The smallest absolute Gasteiger partial charge is 0.224 e. The first-order chi connectivity index (χ1) is 20.2. The Labute approximate surface area is 242 Å². The van der Waals surface area contributed by atoms with Crippen LogP contribution in [0, 0.1) is 0 Å². The summed E-state index contributed by atoms with van der Waals surface area (Å²) in [5.41, 5.74) is 5.51. The number of methoxy groups -OCH3 is 1. The van der Waals surface area contributed by atoms with Crippen molar-refractivity contribution < 1.29 is 14.3 Å². The molecule has 0 aliphatic heterocycles. The molecule has 6 nitrogen and oxygen atoms in total. The van der Waals surface area contributed by atoms with Crippen molar-refractivity contribution in [2.24, 2.45) is 0 Å². The van der Waals surface area contributed by atoms with E-state index in [1.807, 2.05) is 60.7 Å². The first-order valence-electron chi connectivity index (χ1n) is 14.3. The molecule has 0 unspecified atom stereocenters. The summed E-state index contributed by atoms with van der Waals surface area (Å²) in [6.45, 7) is 2.15. The zero-order chi connectivity index (χ0) is 28.3. The quantitative estimate of drug-likeness (QED) is 0.154. The second-order valence-electron chi connectivity index (χ2n) is 10.1. The monoisotopic (exact) mass is 547 g/mol. The number of fused-ring (bicyclic) bond motifs is 1. The molecule has 1 heterocycles. The molecule has 0 spiro atoms. The van der Waals surface area contributed by atoms with Crippen molar-refractivity contribution in [3.8, 4) is 22.6 Å². The van der Waals surface area contributed by atoms with Crippen LogP contribution < -0.4 is 14.8 Å². The average molecular weight is 548 g/mol. The van der Waals surface area contributed by atoms with Gasteiger partial charge in [0.1, 0.15) is 17.3 Å². The minimum Gasteiger partial charge on any atom is -0.497 e. The summed E-state index contributed by atoms with van der Waals surface area (Å²) in [7, 11) is 1.66. The number of carbonyl (C=O) groups excluding carboxylic acids is 1. The molecule has 0 fully saturated rings. The molecule has 6 heteroatoms. The molecule has 1 N–H and O–H groups in total. The number of nitrogens with zero attached hydrogens (tertiary/aromatic N) is 2. The summed E-state index contributed by atoms with van der Waals surface area (Å²) in [5, 5.41) is 3.08. The predicted molar refractivity (Wildman–Crippen MR) is 164 cm³/mol. The molecule has 0 radical (unpaired) electrons. The fourth-order valence-corrected chi connectivity index (χ4v) is 4.99. The Hall–Kier alpha value is -4.58. The van der Waals surface area contributed by atoms with Crippen molar-refractivity contribution in [3.05, 3.63) is 115 Å². The number of ether oxygens (including phenoxy) is 2. The lowest BCUT2D eigenvalue weighted by Crippen LogP contribution is -2.26. The highest BCUT2D eigenvalue weighted by atomic mass is 16.5. The molecule has 0 saturated heterocycles. The topological polar surface area (TPSA) is 65.4 Å². The van der Waals surface area contributed by atoms with Gasteiger partial charge >= 0.3 is 0 Å². The standard InChI is InChI=1S/C35H37N3O3/c1-40-30-13-9-14-31(26-30)41-24-8-7-23-38-33-16-6-5-15-32(33)37-34(38)17-10-22-36-35(39)25-27-18-20-29(21-19-27)28-11-3-2-4-12-28/h2-6,9,11-16,18-21,26H,7-8,10,17,22-25H2,1H3,(H,36,39). The number of para-hydroxylation sites is 2. The lowest BCUT2D eigenvalue weighted by Gasteiger charge is -2.11. The third-order valence-electron chi connectivity index (χ3n) is 7.14. The van der Waals surface area contributed by atoms with Crippen molar-refractivity contribution >= 4 is 16.9 Å². The van der Waals surface area contributed by atoms with Gasteiger partial charge in [0.25, 0.3) is 0 Å². The third-order valence-corrected chi connectivity index (χ3v) is 7.14. The van der Waals surface area contributed by atoms with Crippen LogP contribution >= 0.6 is 0 Å². The predicted octanol–water partition coefficient (Wildman–Crippen LogP) is 6.86. The van der Waals surface area contributed by atoms with Crippen LogP contribution in [-0.4, -0.2) is 35.7 Å². The maximum atomic E-state index is 12.6. The number of aromatic nitrogens is 2. The Bertz CT molecular complexity index is 1540. The fourth-order valence-electron chi connectivity index (χ4n) is 4.99. The maximum absolute atomic E-state index is 12.6. The van der Waals surface area contributed by atoms with Crippen LogP contribution in [0.4, 0.5) is 0 Å². The number of aryl methyl sites for hydroxylation is 2. The fraction of sp³-hybridized carbons (Fsp3) is 0.257. The van der Waals surface area contributed by atoms with Gasteiger partial charge in [0, 0.05) is 25.6 Å². The van der Waals surface area contributed by atoms with Crippen LogP contribution in [0.15, 0.2) is 103 Å². The second kappa shape index (κ2) is 14.2. The van der Waals surface area contributed by atoms with Gasteiger partial charge in [-0.3, -0.25) is 4.79 Å². The van der Waals surface area contributed by atoms with E-state index in [1.165, 1.54) is 5.56 Å². The van der Waals surface area contributed by atoms with Gasteiger partial charge in [0.15, 0.2) is 0 Å². The van der Waals surface area contributed by atoms with Gasteiger partial charge in [-0.25, -0.2) is 4.98 Å². The molecule has 0 bridgehead atoms. The van der Waals surface area contributed by atoms with E-state index in [4.69, 9.17) is 14.5 Å². The molecule has 4 aromatic carbocycles. The Balaban J connectivity index is 1.08. The number of imidazole rings is 1. The Morgan fingerprint density at radius 2 is 1.56 bits per heavy atom. The number of nitrogens with one attached hydrogen (secondary N) is 1. The third kappa shape index (κ3) is 7.76. The Morgan fingerprint density at radius 1 is 0.805 bits per heavy atom. The zero-order valence-electron chi connectivity index (χ0n) is 23.6. The van der Waals surface area contributed by atoms with Crippen molar-refractivity contribution in [3.63, 3.8) is 0 Å². The molecular formula is C35H37N3O3. The van der Waals surface area contributed by atoms with E-state index in [9.17, 15) is 4.79 Å². The molecule has 5 aromatic rings. The van der Waals surface area contributed by atoms with Crippen LogP contribution in [0.3, 0.4) is 0 Å². The van der Waals surface area contributed by atoms with Crippen molar-refractivity contribution in [2.75, 3.05) is 20.3 Å². The summed E-state index contributed by atoms with van der Waals surface area (Å²) >= 11 is 0. The molecule has 0 aliphatic rings. The number of unbranched alkanes of at least 4 members (excludes halogenated alkanes) is 1. The van der Waals surface area contributed by atoms with E-state index >= 15 is 0 Å². The first kappa shape index (κ1) is 28.0. The average Bonchev–Trinajstić information content (AvgIpc) is 3.37. The molecule has 41 heavy (non-hydrogen) atoms. The van der Waals surface area contributed by atoms with Crippen LogP contribution in [0.25, 0.3) is 22.2 Å². The normalized spacial score (nSPS) is 11.0. The van der Waals surface area contributed by atoms with Crippen molar-refractivity contribution in [2.45, 2.75) is 38.6 Å². The molecular weight excluding hydrogens is 510 g/mol. The lowest BCUT2D eigenvalue weighted by atomic mass is 10.0. The second-order valence-corrected chi connectivity index (χ2v) is 10.1. The highest BCUT2D eigenvalue weighted by molar-refractivity contribution is 5.79. The van der Waals surface area contributed by atoms with Crippen LogP contribution in [0.1, 0.15) is 30.7 Å². The lowest BCUT2D eigenvalue weighted by molar-refractivity contribution is -0.120. The van der Waals surface area contributed by atoms with Gasteiger partial charge in [-0.15, -0.1) is 0 Å². The van der Waals surface area contributed by atoms with Gasteiger partial charge in [0.2, 0.25) is 5.91 Å². The van der Waals surface area contributed by atoms with Crippen molar-refractivity contribution in [1.82, 2.24) is 14.9 Å². The van der Waals surface area contributed by atoms with Gasteiger partial charge < -0.3 is 19.4 Å². The summed E-state index contributed by atoms with van der Waals surface area (Å²) in [4.78, 5) is 17.5. The van der Waals surface area contributed by atoms with Crippen LogP contribution in [0.2, 0.25) is 0 Å². The minimum absolute atomic E-state index is 0.0435. The van der Waals surface area contributed by atoms with Gasteiger partial charge in [-0.2, -0.15) is 0 Å². The summed E-state index contributed by atoms with van der Waals surface area (Å²) in [6, 6.07) is 34.5. The van der Waals surface area contributed by atoms with Gasteiger partial charge in [0.05, 0.1) is 31.2 Å². The molecule has 0 saturated carbocycles. The number of rotatable bonds is 14. The van der Waals surface area contributed by atoms with Crippen LogP contribution in [0.5, 0.6) is 11.5 Å². The van der Waals surface area contributed by atoms with Crippen LogP contribution in [-0.2, 0) is 24.2 Å². The number of hydrogen-bond donors (Lipinski definition) is 1. The summed E-state index contributed by atoms with van der Waals surface area (Å²) < 4.78 is 13.5. The van der Waals surface area contributed by atoms with E-state index in [-0.39, 0.29) is 5.91 Å². The highest BCUT2D eigenvalue weighted by Gasteiger charge is 2.11. The van der Waals surface area contributed by atoms with Gasteiger partial charge in [-0.05, 0) is 60.2 Å². The van der Waals surface area contributed by atoms with Gasteiger partial charge in [-0.1, -0.05) is 72.8 Å². The summed E-state index contributed by atoms with van der Waals surface area (Å²) in [6.07, 6.45) is 3.94. The first-order valence-corrected chi connectivity index (χ1v) is 14.3. The Kier molecular flexibility index (Phi) is 9.67. The van der Waals surface area contributed by atoms with E-state index in [2.05, 4.69) is 52.3 Å². The van der Waals surface area contributed by atoms with Crippen molar-refractivity contribution in [1.29, 1.82) is 0 Å². The molecule has 1 aromatic heterocycles. The highest BCUT2D eigenvalue weighted by Crippen LogP contribution is 2.21. The molecule has 210 valence electrons. The van der Waals surface area contributed by atoms with E-state index < -0.39 is 0 Å². The summed E-state index contributed by atoms with van der Waals surface area (Å²) in [5.74, 6) is 2.72. The number of benzene rings is 4. The van der Waals surface area contributed by atoms with E-state index in [0.29, 0.717) is 19.6 Å². The molecule has 0 aliphatic carbocycles.